The van der Waals surface area contributed by atoms with Crippen LogP contribution in [0.2, 0.25) is 5.28 Å². The third-order valence-corrected chi connectivity index (χ3v) is 2.22. The van der Waals surface area contributed by atoms with Gasteiger partial charge in [-0.15, -0.1) is 6.58 Å². The molecule has 15 heavy (non-hydrogen) atoms. The molecule has 1 aromatic rings. The summed E-state index contributed by atoms with van der Waals surface area (Å²) in [6, 6.07) is 1.39. The molecule has 0 aliphatic carbocycles. The van der Waals surface area contributed by atoms with Crippen LogP contribution in [0.25, 0.3) is 0 Å². The quantitative estimate of drug-likeness (QED) is 0.567. The molecule has 1 fully saturated rings. The van der Waals surface area contributed by atoms with Crippen LogP contribution in [-0.4, -0.2) is 28.7 Å². The summed E-state index contributed by atoms with van der Waals surface area (Å²) in [5.41, 5.74) is 0. The van der Waals surface area contributed by atoms with Gasteiger partial charge in [-0.1, -0.05) is 6.08 Å². The molecule has 1 aliphatic heterocycles. The van der Waals surface area contributed by atoms with Crippen LogP contribution in [0.5, 0.6) is 0 Å². The van der Waals surface area contributed by atoms with Gasteiger partial charge in [-0.2, -0.15) is 0 Å². The van der Waals surface area contributed by atoms with Gasteiger partial charge in [-0.25, -0.2) is 14.8 Å². The van der Waals surface area contributed by atoms with Gasteiger partial charge >= 0.3 is 6.09 Å². The first-order valence-electron chi connectivity index (χ1n) is 4.29. The smallest absolute Gasteiger partial charge is 0.416 e. The Morgan fingerprint density at radius 2 is 2.53 bits per heavy atom. The zero-order chi connectivity index (χ0) is 10.8. The molecular formula is C9H8ClN3O2. The van der Waals surface area contributed by atoms with Crippen molar-refractivity contribution in [3.63, 3.8) is 0 Å². The number of carbonyl (C=O) groups is 1. The zero-order valence-corrected chi connectivity index (χ0v) is 8.52. The minimum Gasteiger partial charge on any atom is -0.447 e. The lowest BCUT2D eigenvalue weighted by Gasteiger charge is -2.16. The Balaban J connectivity index is 2.36. The van der Waals surface area contributed by atoms with Gasteiger partial charge in [0.15, 0.2) is 0 Å². The van der Waals surface area contributed by atoms with E-state index in [1.165, 1.54) is 11.1 Å². The summed E-state index contributed by atoms with van der Waals surface area (Å²) in [5.74, 6) is 0.419. The average molecular weight is 226 g/mol. The lowest BCUT2D eigenvalue weighted by atomic mass is 10.3. The first-order chi connectivity index (χ1) is 7.22. The van der Waals surface area contributed by atoms with E-state index in [9.17, 15) is 4.79 Å². The molecule has 6 heteroatoms. The highest BCUT2D eigenvalue weighted by Crippen LogP contribution is 2.21. The standard InChI is InChI=1S/C9H8ClN3O2/c1-2-6-5-15-9(14)13(6)7-3-4-11-8(10)12-7/h2-4,6H,1,5H2/t6-/m0/s1. The van der Waals surface area contributed by atoms with Crippen molar-refractivity contribution in [2.75, 3.05) is 11.5 Å². The molecule has 0 radical (unpaired) electrons. The van der Waals surface area contributed by atoms with Crippen molar-refractivity contribution in [1.82, 2.24) is 9.97 Å². The molecule has 0 unspecified atom stereocenters. The van der Waals surface area contributed by atoms with E-state index in [2.05, 4.69) is 16.5 Å². The predicted octanol–water partition coefficient (Wildman–Crippen LogP) is 1.64. The Labute approximate surface area is 91.3 Å². The third kappa shape index (κ3) is 1.78. The summed E-state index contributed by atoms with van der Waals surface area (Å²) in [4.78, 5) is 20.5. The Hall–Kier alpha value is -1.62. The largest absolute Gasteiger partial charge is 0.447 e. The summed E-state index contributed by atoms with van der Waals surface area (Å²) >= 11 is 5.64. The second-order valence-electron chi connectivity index (χ2n) is 2.93. The summed E-state index contributed by atoms with van der Waals surface area (Å²) in [6.45, 7) is 3.91. The molecule has 78 valence electrons. The molecule has 0 N–H and O–H groups in total. The van der Waals surface area contributed by atoms with Crippen molar-refractivity contribution < 1.29 is 9.53 Å². The van der Waals surface area contributed by atoms with Crippen LogP contribution >= 0.6 is 11.6 Å². The highest BCUT2D eigenvalue weighted by atomic mass is 35.5. The molecule has 1 aromatic heterocycles. The van der Waals surface area contributed by atoms with Crippen molar-refractivity contribution in [3.05, 3.63) is 30.2 Å². The Morgan fingerprint density at radius 3 is 3.20 bits per heavy atom. The monoisotopic (exact) mass is 225 g/mol. The Morgan fingerprint density at radius 1 is 1.73 bits per heavy atom. The number of ether oxygens (including phenoxy) is 1. The van der Waals surface area contributed by atoms with Gasteiger partial charge in [-0.3, -0.25) is 4.90 Å². The van der Waals surface area contributed by atoms with Crippen LogP contribution < -0.4 is 4.90 Å². The van der Waals surface area contributed by atoms with E-state index < -0.39 is 6.09 Å². The van der Waals surface area contributed by atoms with Crippen LogP contribution in [-0.2, 0) is 4.74 Å². The summed E-state index contributed by atoms with van der Waals surface area (Å²) in [6.07, 6.45) is 2.66. The minimum absolute atomic E-state index is 0.0926. The predicted molar refractivity (Wildman–Crippen MR) is 54.9 cm³/mol. The second-order valence-corrected chi connectivity index (χ2v) is 3.27. The number of carbonyl (C=O) groups excluding carboxylic acids is 1. The fourth-order valence-electron chi connectivity index (χ4n) is 1.33. The lowest BCUT2D eigenvalue weighted by molar-refractivity contribution is 0.179. The summed E-state index contributed by atoms with van der Waals surface area (Å²) < 4.78 is 4.88. The van der Waals surface area contributed by atoms with Gasteiger partial charge in [0, 0.05) is 6.20 Å². The zero-order valence-electron chi connectivity index (χ0n) is 7.76. The third-order valence-electron chi connectivity index (χ3n) is 2.04. The maximum absolute atomic E-state index is 11.4. The van der Waals surface area contributed by atoms with E-state index in [0.717, 1.165) is 0 Å². The fraction of sp³-hybridized carbons (Fsp3) is 0.222. The van der Waals surface area contributed by atoms with E-state index in [-0.39, 0.29) is 17.9 Å². The van der Waals surface area contributed by atoms with Crippen LogP contribution in [0.1, 0.15) is 0 Å². The molecule has 1 atom stereocenters. The molecule has 0 saturated carbocycles. The molecule has 0 aromatic carbocycles. The maximum atomic E-state index is 11.4. The van der Waals surface area contributed by atoms with Crippen LogP contribution in [0.15, 0.2) is 24.9 Å². The highest BCUT2D eigenvalue weighted by molar-refractivity contribution is 6.28. The number of aromatic nitrogens is 2. The number of cyclic esters (lactones) is 1. The summed E-state index contributed by atoms with van der Waals surface area (Å²) in [5, 5.41) is 0.0926. The van der Waals surface area contributed by atoms with Gasteiger partial charge in [0.2, 0.25) is 5.28 Å². The van der Waals surface area contributed by atoms with E-state index in [4.69, 9.17) is 16.3 Å². The van der Waals surface area contributed by atoms with E-state index in [1.807, 2.05) is 0 Å². The van der Waals surface area contributed by atoms with Crippen molar-refractivity contribution in [1.29, 1.82) is 0 Å². The topological polar surface area (TPSA) is 55.3 Å². The van der Waals surface area contributed by atoms with Crippen LogP contribution in [0, 0.1) is 0 Å². The van der Waals surface area contributed by atoms with E-state index >= 15 is 0 Å². The number of hydrogen-bond acceptors (Lipinski definition) is 4. The van der Waals surface area contributed by atoms with Crippen LogP contribution in [0.3, 0.4) is 0 Å². The number of amides is 1. The van der Waals surface area contributed by atoms with Gasteiger partial charge in [-0.05, 0) is 17.7 Å². The average Bonchev–Trinajstić information content (AvgIpc) is 2.59. The number of anilines is 1. The van der Waals surface area contributed by atoms with Crippen molar-refractivity contribution in [3.8, 4) is 0 Å². The SMILES string of the molecule is C=C[C@H]1COC(=O)N1c1ccnc(Cl)n1. The van der Waals surface area contributed by atoms with Crippen LogP contribution in [0.4, 0.5) is 10.6 Å². The maximum Gasteiger partial charge on any atom is 0.416 e. The van der Waals surface area contributed by atoms with Gasteiger partial charge < -0.3 is 4.74 Å². The number of hydrogen-bond donors (Lipinski definition) is 0. The van der Waals surface area contributed by atoms with Crippen molar-refractivity contribution in [2.24, 2.45) is 0 Å². The van der Waals surface area contributed by atoms with E-state index in [1.54, 1.807) is 12.1 Å². The number of halogens is 1. The molecule has 2 rings (SSSR count). The number of nitrogens with zero attached hydrogens (tertiary/aromatic N) is 3. The molecule has 0 bridgehead atoms. The van der Waals surface area contributed by atoms with E-state index in [0.29, 0.717) is 5.82 Å². The Kier molecular flexibility index (Phi) is 2.55. The fourth-order valence-corrected chi connectivity index (χ4v) is 1.48. The Bertz CT molecular complexity index is 410. The van der Waals surface area contributed by atoms with Gasteiger partial charge in [0.1, 0.15) is 12.4 Å². The molecule has 1 saturated heterocycles. The van der Waals surface area contributed by atoms with Gasteiger partial charge in [0.05, 0.1) is 6.04 Å². The molecule has 2 heterocycles. The lowest BCUT2D eigenvalue weighted by Crippen LogP contribution is -2.32. The number of rotatable bonds is 2. The highest BCUT2D eigenvalue weighted by Gasteiger charge is 2.33. The molecular weight excluding hydrogens is 218 g/mol. The van der Waals surface area contributed by atoms with Crippen molar-refractivity contribution in [2.45, 2.75) is 6.04 Å². The molecule has 1 aliphatic rings. The first-order valence-corrected chi connectivity index (χ1v) is 4.67. The first kappa shape index (κ1) is 9.92. The second kappa shape index (κ2) is 3.86. The van der Waals surface area contributed by atoms with Crippen molar-refractivity contribution >= 4 is 23.5 Å². The normalized spacial score (nSPS) is 20.2. The minimum atomic E-state index is -0.449. The molecule has 5 nitrogen and oxygen atoms in total. The summed E-state index contributed by atoms with van der Waals surface area (Å²) in [7, 11) is 0. The van der Waals surface area contributed by atoms with Gasteiger partial charge in [0.25, 0.3) is 0 Å². The molecule has 0 spiro atoms. The molecule has 1 amide bonds.